The first-order chi connectivity index (χ1) is 16.9. The Morgan fingerprint density at radius 1 is 1.14 bits per heavy atom. The van der Waals surface area contributed by atoms with E-state index in [9.17, 15) is 4.79 Å². The number of carboxylic acid groups (broad SMARTS) is 1. The Morgan fingerprint density at radius 2 is 1.91 bits per heavy atom. The molecule has 3 aromatic rings. The molecule has 6 heteroatoms. The third-order valence-electron chi connectivity index (χ3n) is 6.51. The zero-order valence-electron chi connectivity index (χ0n) is 20.9. The molecule has 1 aliphatic carbocycles. The largest absolute Gasteiger partial charge is 0.493 e. The summed E-state index contributed by atoms with van der Waals surface area (Å²) in [7, 11) is 0. The molecule has 35 heavy (non-hydrogen) atoms. The Hall–Kier alpha value is -3.28. The lowest BCUT2D eigenvalue weighted by Crippen LogP contribution is -2.11. The van der Waals surface area contributed by atoms with Crippen molar-refractivity contribution in [1.82, 2.24) is 4.98 Å². The molecule has 0 radical (unpaired) electrons. The van der Waals surface area contributed by atoms with Gasteiger partial charge in [0.2, 0.25) is 5.89 Å². The van der Waals surface area contributed by atoms with E-state index in [1.165, 1.54) is 12.8 Å². The first kappa shape index (κ1) is 24.8. The number of aliphatic carboxylic acids is 1. The van der Waals surface area contributed by atoms with Gasteiger partial charge in [-0.25, -0.2) is 4.98 Å². The van der Waals surface area contributed by atoms with Gasteiger partial charge in [0.05, 0.1) is 24.0 Å². The fourth-order valence-corrected chi connectivity index (χ4v) is 4.58. The quantitative estimate of drug-likeness (QED) is 0.330. The Morgan fingerprint density at radius 3 is 2.63 bits per heavy atom. The molecule has 1 aliphatic rings. The first-order valence-corrected chi connectivity index (χ1v) is 12.6. The Balaban J connectivity index is 1.45. The number of aromatic nitrogens is 1. The van der Waals surface area contributed by atoms with Crippen LogP contribution in [-0.2, 0) is 17.6 Å². The Kier molecular flexibility index (Phi) is 8.11. The fourth-order valence-electron chi connectivity index (χ4n) is 4.58. The molecule has 0 spiro atoms. The minimum Gasteiger partial charge on any atom is -0.493 e. The van der Waals surface area contributed by atoms with Crippen LogP contribution in [0.4, 0.5) is 0 Å². The van der Waals surface area contributed by atoms with Gasteiger partial charge < -0.3 is 19.0 Å². The number of para-hydroxylation sites is 1. The summed E-state index contributed by atoms with van der Waals surface area (Å²) >= 11 is 0. The molecular formula is C29H35NO5. The third kappa shape index (κ3) is 6.44. The van der Waals surface area contributed by atoms with Crippen LogP contribution in [0.25, 0.3) is 11.5 Å². The molecule has 2 aromatic carbocycles. The molecule has 0 unspecified atom stereocenters. The number of hydrogen-bond acceptors (Lipinski definition) is 5. The van der Waals surface area contributed by atoms with Gasteiger partial charge in [-0.05, 0) is 80.3 Å². The zero-order chi connectivity index (χ0) is 24.8. The maximum atomic E-state index is 10.8. The number of aryl methyl sites for hydroxylation is 2. The van der Waals surface area contributed by atoms with Gasteiger partial charge in [0.15, 0.2) is 0 Å². The van der Waals surface area contributed by atoms with Crippen LogP contribution in [-0.4, -0.2) is 28.8 Å². The minimum atomic E-state index is -0.787. The lowest BCUT2D eigenvalue weighted by atomic mass is 10.0. The molecule has 0 saturated heterocycles. The second-order valence-corrected chi connectivity index (χ2v) is 9.58. The predicted octanol–water partition coefficient (Wildman–Crippen LogP) is 6.73. The van der Waals surface area contributed by atoms with Crippen molar-refractivity contribution in [2.75, 3.05) is 6.61 Å². The van der Waals surface area contributed by atoms with Crippen molar-refractivity contribution in [3.05, 3.63) is 65.0 Å². The number of rotatable bonds is 11. The summed E-state index contributed by atoms with van der Waals surface area (Å²) < 4.78 is 18.6. The van der Waals surface area contributed by atoms with Crippen LogP contribution >= 0.6 is 0 Å². The number of ether oxygens (including phenoxy) is 2. The second kappa shape index (κ2) is 11.4. The Bertz CT molecular complexity index is 1140. The van der Waals surface area contributed by atoms with Gasteiger partial charge in [0.1, 0.15) is 17.3 Å². The molecule has 6 nitrogen and oxygen atoms in total. The van der Waals surface area contributed by atoms with E-state index in [2.05, 4.69) is 13.8 Å². The van der Waals surface area contributed by atoms with Gasteiger partial charge in [-0.2, -0.15) is 0 Å². The maximum absolute atomic E-state index is 10.8. The highest BCUT2D eigenvalue weighted by Crippen LogP contribution is 2.35. The average molecular weight is 478 g/mol. The normalized spacial score (nSPS) is 13.9. The first-order valence-electron chi connectivity index (χ1n) is 12.6. The molecule has 186 valence electrons. The van der Waals surface area contributed by atoms with Gasteiger partial charge in [-0.15, -0.1) is 0 Å². The van der Waals surface area contributed by atoms with Crippen LogP contribution < -0.4 is 9.47 Å². The third-order valence-corrected chi connectivity index (χ3v) is 6.51. The molecule has 1 heterocycles. The number of oxazole rings is 1. The van der Waals surface area contributed by atoms with E-state index >= 15 is 0 Å². The van der Waals surface area contributed by atoms with Gasteiger partial charge in [-0.1, -0.05) is 32.0 Å². The van der Waals surface area contributed by atoms with Crippen molar-refractivity contribution < 1.29 is 23.8 Å². The topological polar surface area (TPSA) is 81.8 Å². The summed E-state index contributed by atoms with van der Waals surface area (Å²) in [5.41, 5.74) is 3.90. The van der Waals surface area contributed by atoms with E-state index in [4.69, 9.17) is 24.0 Å². The van der Waals surface area contributed by atoms with Crippen molar-refractivity contribution in [2.45, 2.75) is 77.7 Å². The van der Waals surface area contributed by atoms with E-state index in [1.54, 1.807) is 0 Å². The van der Waals surface area contributed by atoms with Gasteiger partial charge in [0, 0.05) is 12.8 Å². The summed E-state index contributed by atoms with van der Waals surface area (Å²) in [6.45, 7) is 6.68. The molecule has 1 saturated carbocycles. The van der Waals surface area contributed by atoms with E-state index < -0.39 is 5.97 Å². The number of nitrogens with zero attached hydrogens (tertiary/aromatic N) is 1. The fraction of sp³-hybridized carbons (Fsp3) is 0.448. The van der Waals surface area contributed by atoms with Crippen molar-refractivity contribution in [2.24, 2.45) is 0 Å². The molecule has 1 N–H and O–H groups in total. The van der Waals surface area contributed by atoms with Crippen LogP contribution in [0.1, 0.15) is 74.5 Å². The predicted molar refractivity (Wildman–Crippen MR) is 135 cm³/mol. The van der Waals surface area contributed by atoms with E-state index in [0.717, 1.165) is 52.5 Å². The summed E-state index contributed by atoms with van der Waals surface area (Å²) in [6, 6.07) is 13.8. The van der Waals surface area contributed by atoms with Crippen molar-refractivity contribution in [1.29, 1.82) is 0 Å². The molecule has 1 fully saturated rings. The van der Waals surface area contributed by atoms with Crippen LogP contribution in [0.2, 0.25) is 0 Å². The molecular weight excluding hydrogens is 442 g/mol. The van der Waals surface area contributed by atoms with Gasteiger partial charge in [0.25, 0.3) is 0 Å². The van der Waals surface area contributed by atoms with Crippen LogP contribution in [0.15, 0.2) is 46.9 Å². The van der Waals surface area contributed by atoms with Crippen molar-refractivity contribution in [3.63, 3.8) is 0 Å². The summed E-state index contributed by atoms with van der Waals surface area (Å²) in [5, 5.41) is 8.91. The molecule has 0 atom stereocenters. The molecule has 4 rings (SSSR count). The highest BCUT2D eigenvalue weighted by molar-refractivity contribution is 5.67. The lowest BCUT2D eigenvalue weighted by Gasteiger charge is -2.15. The summed E-state index contributed by atoms with van der Waals surface area (Å²) in [5.74, 6) is 2.46. The number of carbonyl (C=O) groups is 1. The summed E-state index contributed by atoms with van der Waals surface area (Å²) in [6.07, 6.45) is 6.15. The average Bonchev–Trinajstić information content (AvgIpc) is 3.49. The second-order valence-electron chi connectivity index (χ2n) is 9.58. The summed E-state index contributed by atoms with van der Waals surface area (Å²) in [4.78, 5) is 15.7. The highest BCUT2D eigenvalue weighted by Gasteiger charge is 2.22. The van der Waals surface area contributed by atoms with Crippen LogP contribution in [0.5, 0.6) is 11.5 Å². The SMILES string of the molecule is Cc1cc(OCCc2oc(-c3ccccc3OC3CCCC3)nc2C(C)C)ccc1CCC(=O)O. The Labute approximate surface area is 207 Å². The maximum Gasteiger partial charge on any atom is 0.303 e. The van der Waals surface area contributed by atoms with Gasteiger partial charge in [-0.3, -0.25) is 4.79 Å². The number of benzene rings is 2. The van der Waals surface area contributed by atoms with E-state index in [1.807, 2.05) is 49.4 Å². The zero-order valence-corrected chi connectivity index (χ0v) is 20.9. The number of carboxylic acids is 1. The van der Waals surface area contributed by atoms with Crippen molar-refractivity contribution >= 4 is 5.97 Å². The van der Waals surface area contributed by atoms with E-state index in [0.29, 0.717) is 25.3 Å². The van der Waals surface area contributed by atoms with Crippen molar-refractivity contribution in [3.8, 4) is 23.0 Å². The standard InChI is InChI=1S/C29H35NO5/c1-19(2)28-26(16-17-33-23-14-12-21(20(3)18-23)13-15-27(31)32)35-29(30-28)24-10-6-7-11-25(24)34-22-8-4-5-9-22/h6-7,10-12,14,18-19,22H,4-5,8-9,13,15-17H2,1-3H3,(H,31,32). The molecule has 0 amide bonds. The number of hydrogen-bond donors (Lipinski definition) is 1. The monoisotopic (exact) mass is 477 g/mol. The highest BCUT2D eigenvalue weighted by atomic mass is 16.5. The lowest BCUT2D eigenvalue weighted by molar-refractivity contribution is -0.136. The smallest absolute Gasteiger partial charge is 0.303 e. The van der Waals surface area contributed by atoms with Gasteiger partial charge >= 0.3 is 5.97 Å². The molecule has 1 aromatic heterocycles. The van der Waals surface area contributed by atoms with E-state index in [-0.39, 0.29) is 18.4 Å². The van der Waals surface area contributed by atoms with Crippen LogP contribution in [0.3, 0.4) is 0 Å². The minimum absolute atomic E-state index is 0.127. The molecule has 0 bridgehead atoms. The molecule has 0 aliphatic heterocycles. The van der Waals surface area contributed by atoms with Crippen LogP contribution in [0, 0.1) is 6.92 Å².